The van der Waals surface area contributed by atoms with Crippen LogP contribution >= 0.6 is 0 Å². The van der Waals surface area contributed by atoms with Gasteiger partial charge in [-0.15, -0.1) is 0 Å². The van der Waals surface area contributed by atoms with E-state index >= 15 is 0 Å². The summed E-state index contributed by atoms with van der Waals surface area (Å²) in [7, 11) is 1.42. The maximum absolute atomic E-state index is 11.4. The van der Waals surface area contributed by atoms with E-state index in [9.17, 15) is 14.9 Å². The molecular formula is C15H11N3O4. The highest BCUT2D eigenvalue weighted by atomic mass is 16.6. The number of hydrogen-bond acceptors (Lipinski definition) is 5. The van der Waals surface area contributed by atoms with Crippen LogP contribution in [0.25, 0.3) is 17.4 Å². The van der Waals surface area contributed by atoms with Crippen molar-refractivity contribution in [1.29, 1.82) is 5.26 Å². The zero-order valence-corrected chi connectivity index (χ0v) is 11.6. The van der Waals surface area contributed by atoms with Crippen LogP contribution in [0.3, 0.4) is 0 Å². The molecule has 0 saturated heterocycles. The summed E-state index contributed by atoms with van der Waals surface area (Å²) in [5.74, 6) is 0.196. The molecule has 1 aromatic carbocycles. The number of hydrogen-bond donors (Lipinski definition) is 1. The highest BCUT2D eigenvalue weighted by Crippen LogP contribution is 2.26. The fourth-order valence-corrected chi connectivity index (χ4v) is 1.78. The molecule has 0 aliphatic carbocycles. The van der Waals surface area contributed by atoms with Gasteiger partial charge in [0.25, 0.3) is 11.6 Å². The van der Waals surface area contributed by atoms with E-state index in [0.717, 1.165) is 0 Å². The predicted octanol–water partition coefficient (Wildman–Crippen LogP) is 2.51. The summed E-state index contributed by atoms with van der Waals surface area (Å²) >= 11 is 0. The number of furan rings is 1. The lowest BCUT2D eigenvalue weighted by molar-refractivity contribution is -0.384. The molecule has 1 N–H and O–H groups in total. The van der Waals surface area contributed by atoms with Gasteiger partial charge in [-0.05, 0) is 12.1 Å². The Labute approximate surface area is 125 Å². The molecule has 1 heterocycles. The molecule has 0 fully saturated rings. The summed E-state index contributed by atoms with van der Waals surface area (Å²) in [6.07, 6.45) is 1.31. The molecule has 110 valence electrons. The summed E-state index contributed by atoms with van der Waals surface area (Å²) in [6, 6.07) is 11.0. The van der Waals surface area contributed by atoms with Crippen molar-refractivity contribution in [1.82, 2.24) is 5.32 Å². The van der Waals surface area contributed by atoms with Crippen LogP contribution < -0.4 is 5.32 Å². The monoisotopic (exact) mass is 297 g/mol. The zero-order chi connectivity index (χ0) is 16.1. The summed E-state index contributed by atoms with van der Waals surface area (Å²) in [5.41, 5.74) is 0.392. The number of carbonyl (C=O) groups excluding carboxylic acids is 1. The number of nitrogens with zero attached hydrogens (tertiary/aromatic N) is 2. The maximum Gasteiger partial charge on any atom is 0.270 e. The van der Waals surface area contributed by atoms with E-state index in [0.29, 0.717) is 17.1 Å². The molecule has 0 aliphatic heterocycles. The molecule has 0 spiro atoms. The molecule has 0 radical (unpaired) electrons. The van der Waals surface area contributed by atoms with Crippen LogP contribution in [0, 0.1) is 21.4 Å². The van der Waals surface area contributed by atoms with Crippen LogP contribution in [-0.4, -0.2) is 17.9 Å². The number of amides is 1. The van der Waals surface area contributed by atoms with Gasteiger partial charge in [0.1, 0.15) is 23.2 Å². The van der Waals surface area contributed by atoms with Crippen molar-refractivity contribution in [2.24, 2.45) is 0 Å². The maximum atomic E-state index is 11.4. The average Bonchev–Trinajstić information content (AvgIpc) is 3.00. The summed E-state index contributed by atoms with van der Waals surface area (Å²) < 4.78 is 5.50. The Hall–Kier alpha value is -3.40. The fraction of sp³-hybridized carbons (Fsp3) is 0.0667. The third-order valence-electron chi connectivity index (χ3n) is 2.85. The number of benzene rings is 1. The second-order valence-corrected chi connectivity index (χ2v) is 4.26. The van der Waals surface area contributed by atoms with Gasteiger partial charge in [0.15, 0.2) is 0 Å². The predicted molar refractivity (Wildman–Crippen MR) is 78.5 cm³/mol. The lowest BCUT2D eigenvalue weighted by Crippen LogP contribution is -2.18. The highest BCUT2D eigenvalue weighted by Gasteiger charge is 2.11. The zero-order valence-electron chi connectivity index (χ0n) is 11.6. The highest BCUT2D eigenvalue weighted by molar-refractivity contribution is 6.01. The molecule has 22 heavy (non-hydrogen) atoms. The Kier molecular flexibility index (Phi) is 4.34. The molecule has 0 aliphatic rings. The standard InChI is InChI=1S/C15H11N3O4/c1-17-15(19)11(9-16)8-13-5-6-14(22-13)10-3-2-4-12(7-10)18(20)21/h2-8H,1H3,(H,17,19)/b11-8+. The van der Waals surface area contributed by atoms with Crippen molar-refractivity contribution in [2.75, 3.05) is 7.05 Å². The van der Waals surface area contributed by atoms with Gasteiger partial charge in [0.2, 0.25) is 0 Å². The minimum Gasteiger partial charge on any atom is -0.457 e. The summed E-state index contributed by atoms with van der Waals surface area (Å²) in [4.78, 5) is 21.7. The van der Waals surface area contributed by atoms with Crippen molar-refractivity contribution in [3.8, 4) is 17.4 Å². The number of nitriles is 1. The topological polar surface area (TPSA) is 109 Å². The smallest absolute Gasteiger partial charge is 0.270 e. The fourth-order valence-electron chi connectivity index (χ4n) is 1.78. The molecule has 7 heteroatoms. The number of likely N-dealkylation sites (N-methyl/N-ethyl adjacent to an activating group) is 1. The molecule has 0 atom stereocenters. The summed E-state index contributed by atoms with van der Waals surface area (Å²) in [5, 5.41) is 22.0. The van der Waals surface area contributed by atoms with Gasteiger partial charge in [-0.25, -0.2) is 0 Å². The van der Waals surface area contributed by atoms with E-state index in [1.54, 1.807) is 30.3 Å². The molecule has 1 amide bonds. The lowest BCUT2D eigenvalue weighted by atomic mass is 10.1. The van der Waals surface area contributed by atoms with E-state index in [-0.39, 0.29) is 11.3 Å². The number of non-ortho nitro benzene ring substituents is 1. The number of carbonyl (C=O) groups is 1. The third-order valence-corrected chi connectivity index (χ3v) is 2.85. The molecule has 7 nitrogen and oxygen atoms in total. The normalized spacial score (nSPS) is 10.8. The largest absolute Gasteiger partial charge is 0.457 e. The van der Waals surface area contributed by atoms with E-state index in [2.05, 4.69) is 5.32 Å². The SMILES string of the molecule is CNC(=O)/C(C#N)=C/c1ccc(-c2cccc([N+](=O)[O-])c2)o1. The average molecular weight is 297 g/mol. The van der Waals surface area contributed by atoms with Gasteiger partial charge in [0.05, 0.1) is 4.92 Å². The first-order valence-electron chi connectivity index (χ1n) is 6.23. The molecule has 0 unspecified atom stereocenters. The van der Waals surface area contributed by atoms with Gasteiger partial charge >= 0.3 is 0 Å². The number of nitrogens with one attached hydrogen (secondary N) is 1. The number of rotatable bonds is 4. The van der Waals surface area contributed by atoms with Crippen LogP contribution in [0.2, 0.25) is 0 Å². The van der Waals surface area contributed by atoms with Gasteiger partial charge in [-0.2, -0.15) is 5.26 Å². The molecule has 1 aromatic heterocycles. The Morgan fingerprint density at radius 2 is 2.18 bits per heavy atom. The Morgan fingerprint density at radius 3 is 2.82 bits per heavy atom. The molecule has 2 aromatic rings. The Bertz CT molecular complexity index is 799. The van der Waals surface area contributed by atoms with Crippen molar-refractivity contribution in [3.63, 3.8) is 0 Å². The van der Waals surface area contributed by atoms with Gasteiger partial charge in [-0.1, -0.05) is 12.1 Å². The van der Waals surface area contributed by atoms with E-state index in [4.69, 9.17) is 9.68 Å². The van der Waals surface area contributed by atoms with E-state index in [1.165, 1.54) is 25.3 Å². The first-order valence-corrected chi connectivity index (χ1v) is 6.23. The van der Waals surface area contributed by atoms with Gasteiger partial charge < -0.3 is 9.73 Å². The second kappa shape index (κ2) is 6.37. The summed E-state index contributed by atoms with van der Waals surface area (Å²) in [6.45, 7) is 0. The van der Waals surface area contributed by atoms with Crippen molar-refractivity contribution in [3.05, 3.63) is 57.8 Å². The molecule has 0 saturated carbocycles. The van der Waals surface area contributed by atoms with E-state index in [1.807, 2.05) is 0 Å². The van der Waals surface area contributed by atoms with Crippen LogP contribution in [-0.2, 0) is 4.79 Å². The van der Waals surface area contributed by atoms with Crippen molar-refractivity contribution in [2.45, 2.75) is 0 Å². The second-order valence-electron chi connectivity index (χ2n) is 4.26. The molecule has 0 bridgehead atoms. The first kappa shape index (κ1) is 15.0. The van der Waals surface area contributed by atoms with Crippen LogP contribution in [0.15, 0.2) is 46.4 Å². The third kappa shape index (κ3) is 3.19. The molecule has 2 rings (SSSR count). The van der Waals surface area contributed by atoms with Gasteiger partial charge in [0, 0.05) is 30.8 Å². The van der Waals surface area contributed by atoms with Crippen LogP contribution in [0.1, 0.15) is 5.76 Å². The minimum atomic E-state index is -0.518. The van der Waals surface area contributed by atoms with E-state index < -0.39 is 10.8 Å². The Balaban J connectivity index is 2.34. The number of nitro benzene ring substituents is 1. The van der Waals surface area contributed by atoms with Crippen molar-refractivity contribution < 1.29 is 14.1 Å². The van der Waals surface area contributed by atoms with Crippen molar-refractivity contribution >= 4 is 17.7 Å². The Morgan fingerprint density at radius 1 is 1.41 bits per heavy atom. The van der Waals surface area contributed by atoms with Crippen LogP contribution in [0.4, 0.5) is 5.69 Å². The molecular weight excluding hydrogens is 286 g/mol. The van der Waals surface area contributed by atoms with Gasteiger partial charge in [-0.3, -0.25) is 14.9 Å². The van der Waals surface area contributed by atoms with Crippen LogP contribution in [0.5, 0.6) is 0 Å². The first-order chi connectivity index (χ1) is 10.5. The number of nitro groups is 1. The lowest BCUT2D eigenvalue weighted by Gasteiger charge is -1.97. The minimum absolute atomic E-state index is 0.0472. The quantitative estimate of drug-likeness (QED) is 0.403.